The number of hydrogen-bond acceptors (Lipinski definition) is 4. The molecule has 4 heteroatoms. The Kier molecular flexibility index (Phi) is 6.06. The van der Waals surface area contributed by atoms with E-state index in [2.05, 4.69) is 49.5 Å². The van der Waals surface area contributed by atoms with Crippen molar-refractivity contribution in [2.24, 2.45) is 0 Å². The van der Waals surface area contributed by atoms with Gasteiger partial charge in [-0.1, -0.05) is 34.1 Å². The maximum Gasteiger partial charge on any atom is 0.137 e. The van der Waals surface area contributed by atoms with Gasteiger partial charge in [0.15, 0.2) is 0 Å². The second-order valence-corrected chi connectivity index (χ2v) is 5.46. The van der Waals surface area contributed by atoms with Crippen LogP contribution in [0.2, 0.25) is 0 Å². The van der Waals surface area contributed by atoms with Crippen LogP contribution in [0.1, 0.15) is 65.4 Å². The van der Waals surface area contributed by atoms with Gasteiger partial charge in [-0.25, -0.2) is 9.97 Å². The molecule has 0 aliphatic carbocycles. The van der Waals surface area contributed by atoms with Crippen LogP contribution in [0.4, 0.5) is 11.6 Å². The van der Waals surface area contributed by atoms with Gasteiger partial charge in [0.2, 0.25) is 0 Å². The van der Waals surface area contributed by atoms with Crippen LogP contribution in [0.5, 0.6) is 0 Å². The van der Waals surface area contributed by atoms with Gasteiger partial charge in [-0.05, 0) is 25.7 Å². The number of anilines is 2. The molecule has 1 aromatic heterocycles. The number of nitrogens with zero attached hydrogens (tertiary/aromatic N) is 3. The van der Waals surface area contributed by atoms with E-state index >= 15 is 0 Å². The Hall–Kier alpha value is -1.32. The third kappa shape index (κ3) is 3.82. The van der Waals surface area contributed by atoms with Crippen molar-refractivity contribution >= 4 is 11.6 Å². The molecule has 0 bridgehead atoms. The van der Waals surface area contributed by atoms with E-state index in [4.69, 9.17) is 5.73 Å². The maximum atomic E-state index is 6.05. The lowest BCUT2D eigenvalue weighted by Gasteiger charge is -2.32. The summed E-state index contributed by atoms with van der Waals surface area (Å²) in [5, 5.41) is 0. The fraction of sp³-hybridized carbons (Fsp3) is 0.733. The highest BCUT2D eigenvalue weighted by molar-refractivity contribution is 5.58. The molecule has 0 saturated carbocycles. The molecule has 1 aromatic rings. The van der Waals surface area contributed by atoms with Crippen molar-refractivity contribution in [2.75, 3.05) is 17.2 Å². The van der Waals surface area contributed by atoms with Crippen molar-refractivity contribution in [1.29, 1.82) is 0 Å². The summed E-state index contributed by atoms with van der Waals surface area (Å²) in [6.07, 6.45) is 5.04. The molecule has 1 atom stereocenters. The summed E-state index contributed by atoms with van der Waals surface area (Å²) in [4.78, 5) is 11.1. The molecule has 0 radical (unpaired) electrons. The van der Waals surface area contributed by atoms with Gasteiger partial charge in [-0.15, -0.1) is 0 Å². The molecule has 1 unspecified atom stereocenters. The van der Waals surface area contributed by atoms with Gasteiger partial charge in [-0.3, -0.25) is 0 Å². The zero-order valence-corrected chi connectivity index (χ0v) is 13.0. The average molecular weight is 264 g/mol. The minimum absolute atomic E-state index is 0.337. The predicted octanol–water partition coefficient (Wildman–Crippen LogP) is 3.59. The molecule has 4 nitrogen and oxygen atoms in total. The lowest BCUT2D eigenvalue weighted by molar-refractivity contribution is 0.584. The van der Waals surface area contributed by atoms with Crippen molar-refractivity contribution in [3.05, 3.63) is 11.9 Å². The summed E-state index contributed by atoms with van der Waals surface area (Å²) in [7, 11) is 0. The maximum absolute atomic E-state index is 6.05. The van der Waals surface area contributed by atoms with Gasteiger partial charge in [0, 0.05) is 18.2 Å². The van der Waals surface area contributed by atoms with Crippen LogP contribution in [0.15, 0.2) is 6.33 Å². The molecule has 108 valence electrons. The summed E-state index contributed by atoms with van der Waals surface area (Å²) in [5.41, 5.74) is 7.13. The normalized spacial score (nSPS) is 12.7. The average Bonchev–Trinajstić information content (AvgIpc) is 2.38. The van der Waals surface area contributed by atoms with Crippen LogP contribution in [-0.2, 0) is 0 Å². The van der Waals surface area contributed by atoms with E-state index in [1.54, 1.807) is 6.33 Å². The monoisotopic (exact) mass is 264 g/mol. The van der Waals surface area contributed by atoms with Gasteiger partial charge in [-0.2, -0.15) is 0 Å². The highest BCUT2D eigenvalue weighted by Gasteiger charge is 2.21. The Balaban J connectivity index is 3.17. The first-order valence-corrected chi connectivity index (χ1v) is 7.39. The van der Waals surface area contributed by atoms with E-state index in [9.17, 15) is 0 Å². The molecule has 0 saturated heterocycles. The van der Waals surface area contributed by atoms with E-state index in [1.165, 1.54) is 12.8 Å². The lowest BCUT2D eigenvalue weighted by Crippen LogP contribution is -2.35. The standard InChI is InChI=1S/C15H28N4/c1-6-8-9-19(12(5)7-2)15-13(11(3)4)14(16)17-10-18-15/h10-12H,6-9H2,1-5H3,(H2,16,17,18). The number of unbranched alkanes of at least 4 members (excludes halogenated alkanes) is 1. The van der Waals surface area contributed by atoms with Gasteiger partial charge in [0.1, 0.15) is 18.0 Å². The Morgan fingerprint density at radius 3 is 2.42 bits per heavy atom. The molecule has 2 N–H and O–H groups in total. The molecular formula is C15H28N4. The second kappa shape index (κ2) is 7.31. The van der Waals surface area contributed by atoms with Gasteiger partial charge in [0.25, 0.3) is 0 Å². The summed E-state index contributed by atoms with van der Waals surface area (Å²) in [6, 6.07) is 0.471. The number of nitrogens with two attached hydrogens (primary N) is 1. The van der Waals surface area contributed by atoms with Crippen LogP contribution in [-0.4, -0.2) is 22.6 Å². The molecular weight excluding hydrogens is 236 g/mol. The highest BCUT2D eigenvalue weighted by atomic mass is 15.2. The molecule has 1 heterocycles. The number of aromatic nitrogens is 2. The Bertz CT molecular complexity index is 390. The molecule has 0 fully saturated rings. The van der Waals surface area contributed by atoms with E-state index in [-0.39, 0.29) is 0 Å². The molecule has 19 heavy (non-hydrogen) atoms. The Labute approximate surface area is 117 Å². The number of nitrogen functional groups attached to an aromatic ring is 1. The Morgan fingerprint density at radius 2 is 1.89 bits per heavy atom. The topological polar surface area (TPSA) is 55.0 Å². The van der Waals surface area contributed by atoms with Crippen LogP contribution in [0.25, 0.3) is 0 Å². The zero-order chi connectivity index (χ0) is 14.4. The number of hydrogen-bond donors (Lipinski definition) is 1. The lowest BCUT2D eigenvalue weighted by atomic mass is 10.0. The van der Waals surface area contributed by atoms with Crippen molar-refractivity contribution in [3.8, 4) is 0 Å². The number of rotatable bonds is 7. The van der Waals surface area contributed by atoms with E-state index in [1.807, 2.05) is 0 Å². The SMILES string of the molecule is CCCCN(c1ncnc(N)c1C(C)C)C(C)CC. The molecule has 1 rings (SSSR count). The fourth-order valence-corrected chi connectivity index (χ4v) is 2.27. The van der Waals surface area contributed by atoms with Gasteiger partial charge >= 0.3 is 0 Å². The minimum atomic E-state index is 0.337. The van der Waals surface area contributed by atoms with Crippen molar-refractivity contribution < 1.29 is 0 Å². The van der Waals surface area contributed by atoms with Crippen molar-refractivity contribution in [1.82, 2.24) is 9.97 Å². The summed E-state index contributed by atoms with van der Waals surface area (Å²) < 4.78 is 0. The summed E-state index contributed by atoms with van der Waals surface area (Å²) in [5.74, 6) is 1.97. The van der Waals surface area contributed by atoms with E-state index < -0.39 is 0 Å². The molecule has 0 amide bonds. The van der Waals surface area contributed by atoms with Crippen LogP contribution >= 0.6 is 0 Å². The quantitative estimate of drug-likeness (QED) is 0.817. The highest BCUT2D eigenvalue weighted by Crippen LogP contribution is 2.30. The van der Waals surface area contributed by atoms with Crippen LogP contribution < -0.4 is 10.6 Å². The first kappa shape index (κ1) is 15.7. The summed E-state index contributed by atoms with van der Waals surface area (Å²) in [6.45, 7) is 12.0. The van der Waals surface area contributed by atoms with E-state index in [0.717, 1.165) is 24.3 Å². The molecule has 0 spiro atoms. The largest absolute Gasteiger partial charge is 0.383 e. The third-order valence-corrected chi connectivity index (χ3v) is 3.62. The molecule has 0 aromatic carbocycles. The van der Waals surface area contributed by atoms with Gasteiger partial charge in [0.05, 0.1) is 0 Å². The van der Waals surface area contributed by atoms with Crippen LogP contribution in [0, 0.1) is 0 Å². The molecule has 0 aliphatic heterocycles. The smallest absolute Gasteiger partial charge is 0.137 e. The molecule has 0 aliphatic rings. The first-order chi connectivity index (χ1) is 9.02. The zero-order valence-electron chi connectivity index (χ0n) is 13.0. The predicted molar refractivity (Wildman–Crippen MR) is 82.5 cm³/mol. The first-order valence-electron chi connectivity index (χ1n) is 7.39. The van der Waals surface area contributed by atoms with Crippen molar-refractivity contribution in [3.63, 3.8) is 0 Å². The third-order valence-electron chi connectivity index (χ3n) is 3.62. The minimum Gasteiger partial charge on any atom is -0.383 e. The Morgan fingerprint density at radius 1 is 1.21 bits per heavy atom. The van der Waals surface area contributed by atoms with Crippen molar-refractivity contribution in [2.45, 2.75) is 65.8 Å². The summed E-state index contributed by atoms with van der Waals surface area (Å²) >= 11 is 0. The van der Waals surface area contributed by atoms with Crippen LogP contribution in [0.3, 0.4) is 0 Å². The fourth-order valence-electron chi connectivity index (χ4n) is 2.27. The second-order valence-electron chi connectivity index (χ2n) is 5.46. The van der Waals surface area contributed by atoms with Gasteiger partial charge < -0.3 is 10.6 Å². The van der Waals surface area contributed by atoms with E-state index in [0.29, 0.717) is 17.8 Å².